The number of likely N-dealkylation sites (N-methyl/N-ethyl adjacent to an activating group) is 1. The Kier molecular flexibility index (Phi) is 5.58. The number of hydrogen-bond donors (Lipinski definition) is 3. The number of carbonyl (C=O) groups is 2. The first-order chi connectivity index (χ1) is 12.5. The Morgan fingerprint density at radius 1 is 1.31 bits per heavy atom. The Bertz CT molecular complexity index is 801. The van der Waals surface area contributed by atoms with Gasteiger partial charge in [-0.05, 0) is 38.6 Å². The quantitative estimate of drug-likeness (QED) is 0.745. The van der Waals surface area contributed by atoms with E-state index in [1.807, 2.05) is 32.2 Å². The Morgan fingerprint density at radius 2 is 2.12 bits per heavy atom. The monoisotopic (exact) mass is 358 g/mol. The summed E-state index contributed by atoms with van der Waals surface area (Å²) in [4.78, 5) is 29.6. The average Bonchev–Trinajstić information content (AvgIpc) is 3.05. The number of likely N-dealkylation sites (tertiary alicyclic amines) is 1. The predicted molar refractivity (Wildman–Crippen MR) is 100 cm³/mol. The van der Waals surface area contributed by atoms with E-state index in [0.29, 0.717) is 25.2 Å². The second-order valence-corrected chi connectivity index (χ2v) is 6.81. The van der Waals surface area contributed by atoms with Crippen molar-refractivity contribution in [1.82, 2.24) is 20.5 Å². The third kappa shape index (κ3) is 3.89. The highest BCUT2D eigenvalue weighted by Gasteiger charge is 2.31. The Balaban J connectivity index is 1.67. The molecule has 1 fully saturated rings. The van der Waals surface area contributed by atoms with Crippen molar-refractivity contribution in [2.24, 2.45) is 0 Å². The average molecular weight is 358 g/mol. The Labute approximate surface area is 153 Å². The summed E-state index contributed by atoms with van der Waals surface area (Å²) in [5, 5.41) is 7.34. The molecule has 0 radical (unpaired) electrons. The fraction of sp³-hybridized carbons (Fsp3) is 0.474. The van der Waals surface area contributed by atoms with Crippen molar-refractivity contribution >= 4 is 22.7 Å². The fourth-order valence-electron chi connectivity index (χ4n) is 3.48. The van der Waals surface area contributed by atoms with Crippen molar-refractivity contribution in [3.8, 4) is 0 Å². The smallest absolute Gasteiger partial charge is 0.268 e. The number of carbonyl (C=O) groups excluding carboxylic acids is 2. The lowest BCUT2D eigenvalue weighted by Crippen LogP contribution is -2.60. The van der Waals surface area contributed by atoms with Gasteiger partial charge in [-0.25, -0.2) is 0 Å². The topological polar surface area (TPSA) is 86.5 Å². The zero-order valence-corrected chi connectivity index (χ0v) is 15.5. The van der Waals surface area contributed by atoms with E-state index in [1.165, 1.54) is 7.11 Å². The molecule has 26 heavy (non-hydrogen) atoms. The molecule has 1 aliphatic heterocycles. The van der Waals surface area contributed by atoms with Gasteiger partial charge >= 0.3 is 0 Å². The predicted octanol–water partition coefficient (Wildman–Crippen LogP) is 1.04. The molecular formula is C19H26N4O3. The highest BCUT2D eigenvalue weighted by Crippen LogP contribution is 2.18. The number of nitrogens with zero attached hydrogens (tertiary/aromatic N) is 1. The molecule has 7 nitrogen and oxygen atoms in total. The van der Waals surface area contributed by atoms with Crippen molar-refractivity contribution in [2.45, 2.75) is 25.4 Å². The zero-order valence-electron chi connectivity index (χ0n) is 15.5. The van der Waals surface area contributed by atoms with Gasteiger partial charge < -0.3 is 25.3 Å². The van der Waals surface area contributed by atoms with Gasteiger partial charge in [-0.2, -0.15) is 0 Å². The van der Waals surface area contributed by atoms with Crippen LogP contribution in [0.1, 0.15) is 22.5 Å². The lowest BCUT2D eigenvalue weighted by Gasteiger charge is -2.38. The molecule has 1 aromatic carbocycles. The maximum absolute atomic E-state index is 12.7. The van der Waals surface area contributed by atoms with Gasteiger partial charge in [0.15, 0.2) is 0 Å². The van der Waals surface area contributed by atoms with Gasteiger partial charge in [0.1, 0.15) is 12.3 Å². The molecule has 0 spiro atoms. The summed E-state index contributed by atoms with van der Waals surface area (Å²) in [6.07, 6.45) is 0.700. The normalized spacial score (nSPS) is 20.3. The molecule has 7 heteroatoms. The summed E-state index contributed by atoms with van der Waals surface area (Å²) >= 11 is 0. The summed E-state index contributed by atoms with van der Waals surface area (Å²) < 4.78 is 4.93. The molecule has 2 atom stereocenters. The van der Waals surface area contributed by atoms with Crippen LogP contribution in [-0.4, -0.2) is 67.6 Å². The van der Waals surface area contributed by atoms with Crippen LogP contribution in [0.2, 0.25) is 0 Å². The van der Waals surface area contributed by atoms with Crippen LogP contribution in [0.25, 0.3) is 10.9 Å². The third-order valence-corrected chi connectivity index (χ3v) is 4.94. The van der Waals surface area contributed by atoms with E-state index in [0.717, 1.165) is 16.5 Å². The highest BCUT2D eigenvalue weighted by molar-refractivity contribution is 5.98. The van der Waals surface area contributed by atoms with E-state index < -0.39 is 0 Å². The van der Waals surface area contributed by atoms with Crippen LogP contribution in [0.3, 0.4) is 0 Å². The molecule has 0 unspecified atom stereocenters. The first kappa shape index (κ1) is 18.4. The van der Waals surface area contributed by atoms with E-state index in [2.05, 4.69) is 21.7 Å². The van der Waals surface area contributed by atoms with E-state index in [-0.39, 0.29) is 30.5 Å². The SMILES string of the molecule is CN[C@@H]1CN(C(=O)COC)CC[C@H]1NC(=O)c1cc2cc(C)ccc2[nH]1. The summed E-state index contributed by atoms with van der Waals surface area (Å²) in [7, 11) is 3.36. The van der Waals surface area contributed by atoms with E-state index in [1.54, 1.807) is 4.90 Å². The molecule has 3 N–H and O–H groups in total. The fourth-order valence-corrected chi connectivity index (χ4v) is 3.48. The molecule has 2 amide bonds. The molecule has 2 aromatic rings. The van der Waals surface area contributed by atoms with Gasteiger partial charge in [-0.1, -0.05) is 11.6 Å². The second-order valence-electron chi connectivity index (χ2n) is 6.81. The van der Waals surface area contributed by atoms with Crippen LogP contribution >= 0.6 is 0 Å². The van der Waals surface area contributed by atoms with E-state index >= 15 is 0 Å². The van der Waals surface area contributed by atoms with Crippen LogP contribution in [-0.2, 0) is 9.53 Å². The van der Waals surface area contributed by atoms with Crippen molar-refractivity contribution in [3.05, 3.63) is 35.5 Å². The molecule has 2 heterocycles. The van der Waals surface area contributed by atoms with Crippen LogP contribution in [0.15, 0.2) is 24.3 Å². The van der Waals surface area contributed by atoms with Crippen LogP contribution < -0.4 is 10.6 Å². The first-order valence-corrected chi connectivity index (χ1v) is 8.86. The molecular weight excluding hydrogens is 332 g/mol. The number of fused-ring (bicyclic) bond motifs is 1. The number of aryl methyl sites for hydroxylation is 1. The summed E-state index contributed by atoms with van der Waals surface area (Å²) in [5.41, 5.74) is 2.66. The molecule has 3 rings (SSSR count). The lowest BCUT2D eigenvalue weighted by atomic mass is 9.99. The number of nitrogens with one attached hydrogen (secondary N) is 3. The Hall–Kier alpha value is -2.38. The maximum atomic E-state index is 12.7. The van der Waals surface area contributed by atoms with E-state index in [9.17, 15) is 9.59 Å². The van der Waals surface area contributed by atoms with Crippen LogP contribution in [0.5, 0.6) is 0 Å². The minimum atomic E-state index is -0.124. The number of aromatic nitrogens is 1. The van der Waals surface area contributed by atoms with Gasteiger partial charge in [-0.3, -0.25) is 9.59 Å². The second kappa shape index (κ2) is 7.88. The van der Waals surface area contributed by atoms with Crippen LogP contribution in [0, 0.1) is 6.92 Å². The molecule has 0 aliphatic carbocycles. The number of hydrogen-bond acceptors (Lipinski definition) is 4. The number of piperidine rings is 1. The Morgan fingerprint density at radius 3 is 2.85 bits per heavy atom. The number of benzene rings is 1. The largest absolute Gasteiger partial charge is 0.375 e. The van der Waals surface area contributed by atoms with Crippen molar-refractivity contribution < 1.29 is 14.3 Å². The number of rotatable bonds is 5. The highest BCUT2D eigenvalue weighted by atomic mass is 16.5. The molecule has 0 saturated carbocycles. The minimum Gasteiger partial charge on any atom is -0.375 e. The van der Waals surface area contributed by atoms with Gasteiger partial charge in [0.05, 0.1) is 0 Å². The number of aromatic amines is 1. The van der Waals surface area contributed by atoms with Gasteiger partial charge in [0.2, 0.25) is 5.91 Å². The van der Waals surface area contributed by atoms with Crippen molar-refractivity contribution in [2.75, 3.05) is 33.9 Å². The molecule has 1 aromatic heterocycles. The minimum absolute atomic E-state index is 0.000119. The van der Waals surface area contributed by atoms with Gasteiger partial charge in [0, 0.05) is 43.2 Å². The van der Waals surface area contributed by atoms with Crippen molar-refractivity contribution in [1.29, 1.82) is 0 Å². The third-order valence-electron chi connectivity index (χ3n) is 4.94. The molecule has 1 saturated heterocycles. The number of H-pyrrole nitrogens is 1. The molecule has 0 bridgehead atoms. The molecule has 140 valence electrons. The lowest BCUT2D eigenvalue weighted by molar-refractivity contribution is -0.136. The zero-order chi connectivity index (χ0) is 18.7. The molecule has 1 aliphatic rings. The first-order valence-electron chi connectivity index (χ1n) is 8.86. The van der Waals surface area contributed by atoms with E-state index in [4.69, 9.17) is 4.74 Å². The van der Waals surface area contributed by atoms with Gasteiger partial charge in [-0.15, -0.1) is 0 Å². The van der Waals surface area contributed by atoms with Gasteiger partial charge in [0.25, 0.3) is 5.91 Å². The van der Waals surface area contributed by atoms with Crippen LogP contribution in [0.4, 0.5) is 0 Å². The number of methoxy groups -OCH3 is 1. The standard InChI is InChI=1S/C19H26N4O3/c1-12-4-5-14-13(8-12)9-16(21-14)19(25)22-15-6-7-23(10-17(15)20-2)18(24)11-26-3/h4-5,8-9,15,17,20-21H,6-7,10-11H2,1-3H3,(H,22,25)/t15-,17-/m1/s1. The number of amides is 2. The van der Waals surface area contributed by atoms with Crippen molar-refractivity contribution in [3.63, 3.8) is 0 Å². The number of ether oxygens (including phenoxy) is 1. The summed E-state index contributed by atoms with van der Waals surface area (Å²) in [5.74, 6) is -0.149. The maximum Gasteiger partial charge on any atom is 0.268 e. The summed E-state index contributed by atoms with van der Waals surface area (Å²) in [6, 6.07) is 7.90. The summed E-state index contributed by atoms with van der Waals surface area (Å²) in [6.45, 7) is 3.27.